The number of rotatable bonds is 6. The first-order chi connectivity index (χ1) is 15.0. The Balaban J connectivity index is 1.41. The molecule has 0 N–H and O–H groups in total. The SMILES string of the molecule is C=C(CC(C)C(=O)N1N=CCC1c1cnc(C)nc1)Cn1ncc2cc(C#N)ccc21. The molecule has 0 radical (unpaired) electrons. The average molecular weight is 413 g/mol. The Hall–Kier alpha value is -3.86. The van der Waals surface area contributed by atoms with E-state index in [-0.39, 0.29) is 17.9 Å². The smallest absolute Gasteiger partial charge is 0.246 e. The van der Waals surface area contributed by atoms with E-state index in [4.69, 9.17) is 5.26 Å². The number of hydrogen-bond donors (Lipinski definition) is 0. The number of amides is 1. The molecule has 1 aliphatic rings. The minimum Gasteiger partial charge on any atom is -0.273 e. The normalized spacial score (nSPS) is 16.4. The van der Waals surface area contributed by atoms with Crippen LogP contribution in [-0.2, 0) is 11.3 Å². The van der Waals surface area contributed by atoms with Crippen LogP contribution in [0.5, 0.6) is 0 Å². The Kier molecular flexibility index (Phi) is 5.58. The molecule has 3 heterocycles. The third-order valence-corrected chi connectivity index (χ3v) is 5.40. The first kappa shape index (κ1) is 20.4. The number of nitrogens with zero attached hydrogens (tertiary/aromatic N) is 7. The summed E-state index contributed by atoms with van der Waals surface area (Å²) in [5.74, 6) is 0.369. The van der Waals surface area contributed by atoms with E-state index >= 15 is 0 Å². The fourth-order valence-corrected chi connectivity index (χ4v) is 3.78. The van der Waals surface area contributed by atoms with Gasteiger partial charge in [-0.1, -0.05) is 19.1 Å². The molecule has 2 atom stereocenters. The molecule has 1 aliphatic heterocycles. The van der Waals surface area contributed by atoms with E-state index in [0.29, 0.717) is 30.8 Å². The topological polar surface area (TPSA) is 100 Å². The monoisotopic (exact) mass is 413 g/mol. The highest BCUT2D eigenvalue weighted by Gasteiger charge is 2.31. The van der Waals surface area contributed by atoms with Crippen LogP contribution < -0.4 is 0 Å². The fraction of sp³-hybridized carbons (Fsp3) is 0.304. The molecule has 0 saturated heterocycles. The third-order valence-electron chi connectivity index (χ3n) is 5.40. The van der Waals surface area contributed by atoms with E-state index in [1.54, 1.807) is 35.9 Å². The molecule has 0 spiro atoms. The quantitative estimate of drug-likeness (QED) is 0.575. The lowest BCUT2D eigenvalue weighted by atomic mass is 9.99. The summed E-state index contributed by atoms with van der Waals surface area (Å²) in [4.78, 5) is 21.6. The standard InChI is InChI=1S/C23H23N7O/c1-15(14-29-21-5-4-18(10-24)9-19(21)13-28-29)8-16(2)23(31)30-22(6-7-27-30)20-11-25-17(3)26-12-20/h4-5,7,9,11-13,16,22H,1,6,8,14H2,2-3H3. The lowest BCUT2D eigenvalue weighted by Crippen LogP contribution is -2.32. The van der Waals surface area contributed by atoms with E-state index in [1.165, 1.54) is 0 Å². The molecule has 2 unspecified atom stereocenters. The van der Waals surface area contributed by atoms with Crippen LogP contribution in [-0.4, -0.2) is 36.9 Å². The van der Waals surface area contributed by atoms with Gasteiger partial charge in [-0.2, -0.15) is 15.5 Å². The summed E-state index contributed by atoms with van der Waals surface area (Å²) in [6.45, 7) is 8.39. The Labute approximate surface area is 180 Å². The summed E-state index contributed by atoms with van der Waals surface area (Å²) in [5.41, 5.74) is 3.31. The van der Waals surface area contributed by atoms with Gasteiger partial charge in [-0.3, -0.25) is 9.48 Å². The van der Waals surface area contributed by atoms with Crippen molar-refractivity contribution < 1.29 is 4.79 Å². The van der Waals surface area contributed by atoms with Crippen molar-refractivity contribution in [2.24, 2.45) is 11.0 Å². The molecule has 0 saturated carbocycles. The summed E-state index contributed by atoms with van der Waals surface area (Å²) in [5, 5.41) is 20.2. The molecule has 156 valence electrons. The molecule has 0 fully saturated rings. The maximum Gasteiger partial charge on any atom is 0.246 e. The van der Waals surface area contributed by atoms with Gasteiger partial charge in [0.25, 0.3) is 0 Å². The van der Waals surface area contributed by atoms with E-state index in [1.807, 2.05) is 30.7 Å². The van der Waals surface area contributed by atoms with Crippen LogP contribution >= 0.6 is 0 Å². The minimum atomic E-state index is -0.274. The van der Waals surface area contributed by atoms with Crippen LogP contribution in [0.25, 0.3) is 10.9 Å². The number of fused-ring (bicyclic) bond motifs is 1. The fourth-order valence-electron chi connectivity index (χ4n) is 3.78. The number of carbonyl (C=O) groups excluding carboxylic acids is 1. The highest BCUT2D eigenvalue weighted by atomic mass is 16.2. The molecule has 3 aromatic rings. The van der Waals surface area contributed by atoms with Crippen LogP contribution in [0.3, 0.4) is 0 Å². The second-order valence-corrected chi connectivity index (χ2v) is 7.84. The van der Waals surface area contributed by atoms with Gasteiger partial charge in [-0.05, 0) is 31.5 Å². The number of aryl methyl sites for hydroxylation is 1. The van der Waals surface area contributed by atoms with Gasteiger partial charge in [0.15, 0.2) is 0 Å². The van der Waals surface area contributed by atoms with Gasteiger partial charge in [-0.25, -0.2) is 15.0 Å². The van der Waals surface area contributed by atoms with Gasteiger partial charge in [-0.15, -0.1) is 0 Å². The largest absolute Gasteiger partial charge is 0.273 e. The van der Waals surface area contributed by atoms with E-state index in [2.05, 4.69) is 32.8 Å². The van der Waals surface area contributed by atoms with Crippen LogP contribution in [0.15, 0.2) is 54.0 Å². The Morgan fingerprint density at radius 2 is 2.10 bits per heavy atom. The molecule has 1 amide bonds. The zero-order valence-corrected chi connectivity index (χ0v) is 17.6. The second kappa shape index (κ2) is 8.48. The first-order valence-corrected chi connectivity index (χ1v) is 10.1. The van der Waals surface area contributed by atoms with E-state index in [0.717, 1.165) is 22.0 Å². The van der Waals surface area contributed by atoms with Gasteiger partial charge < -0.3 is 0 Å². The summed E-state index contributed by atoms with van der Waals surface area (Å²) in [6, 6.07) is 7.44. The number of carbonyl (C=O) groups is 1. The zero-order chi connectivity index (χ0) is 22.0. The Morgan fingerprint density at radius 1 is 1.32 bits per heavy atom. The number of benzene rings is 1. The molecule has 0 aliphatic carbocycles. The van der Waals surface area contributed by atoms with Crippen molar-refractivity contribution in [2.75, 3.05) is 0 Å². The number of hydrazone groups is 1. The molecular formula is C23H23N7O. The predicted octanol–water partition coefficient (Wildman–Crippen LogP) is 3.55. The summed E-state index contributed by atoms with van der Waals surface area (Å²) in [6.07, 6.45) is 8.19. The molecular weight excluding hydrogens is 390 g/mol. The van der Waals surface area contributed by atoms with Crippen molar-refractivity contribution in [3.63, 3.8) is 0 Å². The van der Waals surface area contributed by atoms with Crippen molar-refractivity contribution in [1.82, 2.24) is 24.8 Å². The van der Waals surface area contributed by atoms with Crippen molar-refractivity contribution in [2.45, 2.75) is 39.3 Å². The highest BCUT2D eigenvalue weighted by Crippen LogP contribution is 2.30. The zero-order valence-electron chi connectivity index (χ0n) is 17.6. The van der Waals surface area contributed by atoms with Gasteiger partial charge in [0.1, 0.15) is 5.82 Å². The van der Waals surface area contributed by atoms with Gasteiger partial charge in [0.2, 0.25) is 5.91 Å². The van der Waals surface area contributed by atoms with Crippen molar-refractivity contribution in [3.8, 4) is 6.07 Å². The molecule has 31 heavy (non-hydrogen) atoms. The van der Waals surface area contributed by atoms with Gasteiger partial charge in [0.05, 0.1) is 35.9 Å². The molecule has 2 aromatic heterocycles. The molecule has 1 aromatic carbocycles. The Bertz CT molecular complexity index is 1200. The number of aromatic nitrogens is 4. The van der Waals surface area contributed by atoms with Crippen LogP contribution in [0.2, 0.25) is 0 Å². The van der Waals surface area contributed by atoms with Crippen molar-refractivity contribution in [3.05, 3.63) is 65.9 Å². The van der Waals surface area contributed by atoms with Crippen LogP contribution in [0, 0.1) is 24.2 Å². The van der Waals surface area contributed by atoms with E-state index in [9.17, 15) is 4.79 Å². The summed E-state index contributed by atoms with van der Waals surface area (Å²) < 4.78 is 1.84. The maximum atomic E-state index is 13.1. The predicted molar refractivity (Wildman–Crippen MR) is 117 cm³/mol. The van der Waals surface area contributed by atoms with Gasteiger partial charge in [0, 0.05) is 41.9 Å². The number of allylic oxidation sites excluding steroid dienone is 1. The summed E-state index contributed by atoms with van der Waals surface area (Å²) in [7, 11) is 0. The maximum absolute atomic E-state index is 13.1. The minimum absolute atomic E-state index is 0.0514. The summed E-state index contributed by atoms with van der Waals surface area (Å²) >= 11 is 0. The molecule has 8 heteroatoms. The number of nitriles is 1. The second-order valence-electron chi connectivity index (χ2n) is 7.84. The van der Waals surface area contributed by atoms with Crippen LogP contribution in [0.4, 0.5) is 0 Å². The van der Waals surface area contributed by atoms with E-state index < -0.39 is 0 Å². The molecule has 8 nitrogen and oxygen atoms in total. The third kappa shape index (κ3) is 4.21. The van der Waals surface area contributed by atoms with Crippen molar-refractivity contribution in [1.29, 1.82) is 5.26 Å². The lowest BCUT2D eigenvalue weighted by Gasteiger charge is -2.25. The number of hydrogen-bond acceptors (Lipinski definition) is 6. The first-order valence-electron chi connectivity index (χ1n) is 10.1. The molecule has 0 bridgehead atoms. The average Bonchev–Trinajstić information content (AvgIpc) is 3.40. The van der Waals surface area contributed by atoms with Crippen molar-refractivity contribution >= 4 is 23.0 Å². The van der Waals surface area contributed by atoms with Crippen LogP contribution in [0.1, 0.15) is 42.8 Å². The molecule has 4 rings (SSSR count). The highest BCUT2D eigenvalue weighted by molar-refractivity contribution is 5.82. The lowest BCUT2D eigenvalue weighted by molar-refractivity contribution is -0.136. The van der Waals surface area contributed by atoms with Gasteiger partial charge >= 0.3 is 0 Å². The Morgan fingerprint density at radius 3 is 2.84 bits per heavy atom.